The van der Waals surface area contributed by atoms with Gasteiger partial charge in [-0.2, -0.15) is 13.5 Å². The third kappa shape index (κ3) is 4.30. The fourth-order valence-corrected chi connectivity index (χ4v) is 4.55. The van der Waals surface area contributed by atoms with E-state index in [2.05, 4.69) is 16.5 Å². The van der Waals surface area contributed by atoms with Crippen molar-refractivity contribution in [3.63, 3.8) is 0 Å². The van der Waals surface area contributed by atoms with Crippen LogP contribution >= 0.6 is 11.6 Å². The normalized spacial score (nSPS) is 17.1. The Balaban J connectivity index is 1.69. The first kappa shape index (κ1) is 20.3. The van der Waals surface area contributed by atoms with Crippen LogP contribution in [0.25, 0.3) is 0 Å². The molecule has 5 nitrogen and oxygen atoms in total. The molecule has 0 saturated carbocycles. The van der Waals surface area contributed by atoms with E-state index in [0.717, 1.165) is 16.8 Å². The van der Waals surface area contributed by atoms with E-state index in [-0.39, 0.29) is 10.8 Å². The molecule has 0 fully saturated rings. The zero-order valence-corrected chi connectivity index (χ0v) is 17.9. The Kier molecular flexibility index (Phi) is 5.70. The van der Waals surface area contributed by atoms with Crippen molar-refractivity contribution in [2.24, 2.45) is 9.50 Å². The van der Waals surface area contributed by atoms with Crippen LogP contribution in [-0.4, -0.2) is 31.5 Å². The van der Waals surface area contributed by atoms with Crippen molar-refractivity contribution < 1.29 is 8.42 Å². The maximum Gasteiger partial charge on any atom is 0.283 e. The molecule has 0 spiro atoms. The standard InChI is InChI=1S/C23H20ClN3O2S/c1-17(26-30(28,29)21-14-12-20(24)13-15-21)27-16-22(18-8-4-2-5-9-18)23(25-27)19-10-6-3-7-11-19/h2-15,22H,16H2,1H3/b26-17+. The van der Waals surface area contributed by atoms with Crippen molar-refractivity contribution >= 4 is 33.2 Å². The van der Waals surface area contributed by atoms with Gasteiger partial charge in [0.25, 0.3) is 10.0 Å². The molecule has 1 unspecified atom stereocenters. The van der Waals surface area contributed by atoms with Crippen LogP contribution in [0.4, 0.5) is 0 Å². The van der Waals surface area contributed by atoms with Crippen molar-refractivity contribution in [2.75, 3.05) is 6.54 Å². The molecule has 0 amide bonds. The summed E-state index contributed by atoms with van der Waals surface area (Å²) < 4.78 is 29.4. The smallest absolute Gasteiger partial charge is 0.250 e. The van der Waals surface area contributed by atoms with Crippen LogP contribution in [0, 0.1) is 0 Å². The quantitative estimate of drug-likeness (QED) is 0.428. The number of sulfonamides is 1. The van der Waals surface area contributed by atoms with E-state index in [1.165, 1.54) is 24.3 Å². The minimum atomic E-state index is -3.86. The second-order valence-corrected chi connectivity index (χ2v) is 9.00. The number of hydrazone groups is 1. The molecule has 7 heteroatoms. The number of halogens is 1. The van der Waals surface area contributed by atoms with E-state index in [1.807, 2.05) is 48.5 Å². The number of hydrogen-bond acceptors (Lipinski definition) is 3. The second kappa shape index (κ2) is 8.42. The van der Waals surface area contributed by atoms with E-state index in [9.17, 15) is 8.42 Å². The summed E-state index contributed by atoms with van der Waals surface area (Å²) in [7, 11) is -3.86. The Morgan fingerprint density at radius 1 is 0.967 bits per heavy atom. The first-order valence-corrected chi connectivity index (χ1v) is 11.3. The lowest BCUT2D eigenvalue weighted by Crippen LogP contribution is -2.24. The summed E-state index contributed by atoms with van der Waals surface area (Å²) in [6.07, 6.45) is 0. The molecule has 4 rings (SSSR count). The molecular weight excluding hydrogens is 418 g/mol. The molecule has 0 N–H and O–H groups in total. The summed E-state index contributed by atoms with van der Waals surface area (Å²) in [6, 6.07) is 26.0. The number of nitrogens with zero attached hydrogens (tertiary/aromatic N) is 3. The van der Waals surface area contributed by atoms with Gasteiger partial charge in [0.2, 0.25) is 0 Å². The number of benzene rings is 3. The molecule has 0 bridgehead atoms. The summed E-state index contributed by atoms with van der Waals surface area (Å²) in [5.41, 5.74) is 3.01. The van der Waals surface area contributed by atoms with Crippen molar-refractivity contribution in [3.8, 4) is 0 Å². The number of rotatable bonds is 4. The van der Waals surface area contributed by atoms with Gasteiger partial charge in [-0.05, 0) is 42.3 Å². The van der Waals surface area contributed by atoms with Gasteiger partial charge in [-0.1, -0.05) is 72.3 Å². The van der Waals surface area contributed by atoms with E-state index < -0.39 is 10.0 Å². The van der Waals surface area contributed by atoms with Crippen molar-refractivity contribution in [1.82, 2.24) is 5.01 Å². The zero-order chi connectivity index (χ0) is 21.1. The average molecular weight is 438 g/mol. The SMILES string of the molecule is C/C(=N\S(=O)(=O)c1ccc(Cl)cc1)N1CC(c2ccccc2)C(c2ccccc2)=N1. The Morgan fingerprint density at radius 3 is 2.20 bits per heavy atom. The van der Waals surface area contributed by atoms with Gasteiger partial charge in [-0.25, -0.2) is 5.01 Å². The highest BCUT2D eigenvalue weighted by Crippen LogP contribution is 2.29. The molecule has 152 valence electrons. The van der Waals surface area contributed by atoms with Crippen molar-refractivity contribution in [2.45, 2.75) is 17.7 Å². The minimum Gasteiger partial charge on any atom is -0.250 e. The van der Waals surface area contributed by atoms with Crippen LogP contribution in [-0.2, 0) is 10.0 Å². The minimum absolute atomic E-state index is 0.0111. The van der Waals surface area contributed by atoms with Gasteiger partial charge < -0.3 is 0 Å². The van der Waals surface area contributed by atoms with Gasteiger partial charge in [0, 0.05) is 10.9 Å². The van der Waals surface area contributed by atoms with Gasteiger partial charge >= 0.3 is 0 Å². The third-order valence-corrected chi connectivity index (χ3v) is 6.55. The van der Waals surface area contributed by atoms with Crippen LogP contribution in [0.3, 0.4) is 0 Å². The first-order valence-electron chi connectivity index (χ1n) is 9.47. The number of amidine groups is 1. The molecule has 0 aliphatic carbocycles. The summed E-state index contributed by atoms with van der Waals surface area (Å²) in [5.74, 6) is 0.328. The topological polar surface area (TPSA) is 62.1 Å². The molecule has 30 heavy (non-hydrogen) atoms. The summed E-state index contributed by atoms with van der Waals surface area (Å²) in [4.78, 5) is 0.0947. The number of hydrogen-bond donors (Lipinski definition) is 0. The largest absolute Gasteiger partial charge is 0.283 e. The Bertz CT molecular complexity index is 1190. The van der Waals surface area contributed by atoms with Crippen LogP contribution in [0.5, 0.6) is 0 Å². The van der Waals surface area contributed by atoms with Gasteiger partial charge in [-0.15, -0.1) is 4.40 Å². The summed E-state index contributed by atoms with van der Waals surface area (Å²) in [5, 5.41) is 6.87. The second-order valence-electron chi connectivity index (χ2n) is 6.96. The van der Waals surface area contributed by atoms with Gasteiger partial charge in [0.15, 0.2) is 0 Å². The fourth-order valence-electron chi connectivity index (χ4n) is 3.40. The maximum absolute atomic E-state index is 12.7. The third-order valence-electron chi connectivity index (χ3n) is 4.92. The summed E-state index contributed by atoms with van der Waals surface area (Å²) >= 11 is 5.86. The van der Waals surface area contributed by atoms with Crippen LogP contribution in [0.1, 0.15) is 24.0 Å². The van der Waals surface area contributed by atoms with E-state index >= 15 is 0 Å². The lowest BCUT2D eigenvalue weighted by Gasteiger charge is -2.16. The van der Waals surface area contributed by atoms with Gasteiger partial charge in [0.05, 0.1) is 17.2 Å². The lowest BCUT2D eigenvalue weighted by molar-refractivity contribution is 0.472. The molecule has 3 aromatic rings. The van der Waals surface area contributed by atoms with Crippen LogP contribution in [0.2, 0.25) is 5.02 Å². The van der Waals surface area contributed by atoms with Gasteiger partial charge in [-0.3, -0.25) is 0 Å². The highest BCUT2D eigenvalue weighted by atomic mass is 35.5. The predicted octanol–water partition coefficient (Wildman–Crippen LogP) is 4.95. The average Bonchev–Trinajstić information content (AvgIpc) is 3.21. The highest BCUT2D eigenvalue weighted by molar-refractivity contribution is 7.90. The molecule has 1 aliphatic rings. The molecular formula is C23H20ClN3O2S. The Morgan fingerprint density at radius 2 is 1.57 bits per heavy atom. The maximum atomic E-state index is 12.7. The molecule has 0 radical (unpaired) electrons. The predicted molar refractivity (Wildman–Crippen MR) is 121 cm³/mol. The molecule has 0 aromatic heterocycles. The van der Waals surface area contributed by atoms with Crippen molar-refractivity contribution in [3.05, 3.63) is 101 Å². The fraction of sp³-hybridized carbons (Fsp3) is 0.130. The Labute approximate surface area is 181 Å². The van der Waals surface area contributed by atoms with Crippen molar-refractivity contribution in [1.29, 1.82) is 0 Å². The highest BCUT2D eigenvalue weighted by Gasteiger charge is 2.31. The molecule has 1 aliphatic heterocycles. The van der Waals surface area contributed by atoms with E-state index in [1.54, 1.807) is 11.9 Å². The molecule has 1 heterocycles. The van der Waals surface area contributed by atoms with Crippen LogP contribution in [0.15, 0.2) is 99.3 Å². The van der Waals surface area contributed by atoms with Gasteiger partial charge in [0.1, 0.15) is 5.84 Å². The molecule has 3 aromatic carbocycles. The zero-order valence-electron chi connectivity index (χ0n) is 16.3. The molecule has 0 saturated heterocycles. The molecule has 1 atom stereocenters. The van der Waals surface area contributed by atoms with E-state index in [0.29, 0.717) is 17.4 Å². The monoisotopic (exact) mass is 437 g/mol. The van der Waals surface area contributed by atoms with E-state index in [4.69, 9.17) is 16.7 Å². The first-order chi connectivity index (χ1) is 14.4. The summed E-state index contributed by atoms with van der Waals surface area (Å²) in [6.45, 7) is 2.17. The lowest BCUT2D eigenvalue weighted by atomic mass is 9.91. The Hall–Kier alpha value is -2.96. The van der Waals surface area contributed by atoms with Crippen LogP contribution < -0.4 is 0 Å².